The Morgan fingerprint density at radius 3 is 2.70 bits per heavy atom. The number of nitrogens with zero attached hydrogens (tertiary/aromatic N) is 6. The Bertz CT molecular complexity index is 2110. The number of aliphatic imine (C=N–C) groups is 1. The number of allylic oxidation sites excluding steroid dienone is 5. The van der Waals surface area contributed by atoms with Crippen LogP contribution in [-0.2, 0) is 18.4 Å². The van der Waals surface area contributed by atoms with Crippen molar-refractivity contribution in [2.45, 2.75) is 50.2 Å². The summed E-state index contributed by atoms with van der Waals surface area (Å²) >= 11 is 0. The Kier molecular flexibility index (Phi) is 6.02. The van der Waals surface area contributed by atoms with Gasteiger partial charge in [-0.1, -0.05) is 12.2 Å². The minimum absolute atomic E-state index is 0.00457. The summed E-state index contributed by atoms with van der Waals surface area (Å²) in [5.74, 6) is 2.16. The fraction of sp³-hybridized carbons (Fsp3) is 0.361. The van der Waals surface area contributed by atoms with Crippen LogP contribution in [0.1, 0.15) is 47.7 Å². The van der Waals surface area contributed by atoms with Crippen LogP contribution >= 0.6 is 0 Å². The average molecular weight is 614 g/mol. The van der Waals surface area contributed by atoms with Crippen LogP contribution in [0.4, 0.5) is 0 Å². The van der Waals surface area contributed by atoms with Crippen LogP contribution in [0, 0.1) is 11.8 Å². The van der Waals surface area contributed by atoms with Crippen molar-refractivity contribution in [2.75, 3.05) is 13.7 Å². The molecule has 10 nitrogen and oxygen atoms in total. The molecule has 0 radical (unpaired) electrons. The zero-order chi connectivity index (χ0) is 31.3. The van der Waals surface area contributed by atoms with Gasteiger partial charge in [-0.2, -0.15) is 0 Å². The van der Waals surface area contributed by atoms with Crippen molar-refractivity contribution in [1.82, 2.24) is 24.0 Å². The van der Waals surface area contributed by atoms with E-state index >= 15 is 0 Å². The normalized spacial score (nSPS) is 25.0. The molecule has 2 amide bonds. The molecule has 5 aliphatic rings. The van der Waals surface area contributed by atoms with Gasteiger partial charge in [0.15, 0.2) is 5.82 Å². The number of benzene rings is 1. The van der Waals surface area contributed by atoms with Gasteiger partial charge in [0.25, 0.3) is 11.8 Å². The van der Waals surface area contributed by atoms with Crippen LogP contribution in [0.25, 0.3) is 33.6 Å². The van der Waals surface area contributed by atoms with Crippen LogP contribution in [0.2, 0.25) is 0 Å². The Morgan fingerprint density at radius 1 is 1.07 bits per heavy atom. The molecule has 2 bridgehead atoms. The molecule has 1 aromatic carbocycles. The fourth-order valence-corrected chi connectivity index (χ4v) is 7.89. The lowest BCUT2D eigenvalue weighted by Crippen LogP contribution is -2.41. The molecule has 5 heterocycles. The number of pyridine rings is 1. The van der Waals surface area contributed by atoms with Gasteiger partial charge < -0.3 is 24.5 Å². The molecule has 3 fully saturated rings. The number of dihydropyridines is 1. The smallest absolute Gasteiger partial charge is 0.270 e. The number of methoxy groups -OCH3 is 1. The predicted molar refractivity (Wildman–Crippen MR) is 176 cm³/mol. The molecule has 3 aliphatic carbocycles. The van der Waals surface area contributed by atoms with Gasteiger partial charge in [-0.25, -0.2) is 15.0 Å². The van der Waals surface area contributed by atoms with Crippen molar-refractivity contribution in [3.63, 3.8) is 0 Å². The van der Waals surface area contributed by atoms with Crippen LogP contribution in [0.3, 0.4) is 0 Å². The fourth-order valence-electron chi connectivity index (χ4n) is 7.89. The number of carbonyl (C=O) groups is 2. The van der Waals surface area contributed by atoms with E-state index in [-0.39, 0.29) is 29.8 Å². The first-order valence-electron chi connectivity index (χ1n) is 16.2. The number of aryl methyl sites for hydroxylation is 1. The second-order valence-electron chi connectivity index (χ2n) is 13.4. The van der Waals surface area contributed by atoms with Gasteiger partial charge in [-0.15, -0.1) is 0 Å². The topological polar surface area (TPSA) is 121 Å². The third-order valence-electron chi connectivity index (χ3n) is 10.5. The maximum atomic E-state index is 13.7. The average Bonchev–Trinajstić information content (AvgIpc) is 3.47. The SMILES string of the molecule is COc1cc(C(=O)N2CC3CCC2[C@@H]3N)cc2nc(-c3cc4ccc(C5C=CC6=NC(=O)C=CC6=C5)nc4n3CC3CC3)n(C)c12. The predicted octanol–water partition coefficient (Wildman–Crippen LogP) is 4.69. The first-order chi connectivity index (χ1) is 22.4. The molecule has 4 aromatic rings. The molecule has 2 aliphatic heterocycles. The van der Waals surface area contributed by atoms with E-state index in [4.69, 9.17) is 20.4 Å². The number of likely N-dealkylation sites (tertiary alicyclic amines) is 1. The monoisotopic (exact) mass is 613 g/mol. The Morgan fingerprint density at radius 2 is 1.93 bits per heavy atom. The van der Waals surface area contributed by atoms with Gasteiger partial charge in [0.05, 0.1) is 29.7 Å². The van der Waals surface area contributed by atoms with Crippen LogP contribution in [0.5, 0.6) is 5.75 Å². The van der Waals surface area contributed by atoms with E-state index in [1.165, 1.54) is 18.9 Å². The first-order valence-corrected chi connectivity index (χ1v) is 16.2. The van der Waals surface area contributed by atoms with Crippen molar-refractivity contribution in [3.8, 4) is 17.3 Å². The van der Waals surface area contributed by atoms with Crippen molar-refractivity contribution in [2.24, 2.45) is 29.6 Å². The summed E-state index contributed by atoms with van der Waals surface area (Å²) in [5, 5.41) is 1.05. The zero-order valence-corrected chi connectivity index (χ0v) is 25.9. The Hall–Kier alpha value is -4.83. The van der Waals surface area contributed by atoms with Crippen LogP contribution in [0.15, 0.2) is 71.3 Å². The Labute approximate surface area is 265 Å². The lowest BCUT2D eigenvalue weighted by atomic mass is 9.91. The van der Waals surface area contributed by atoms with Crippen molar-refractivity contribution in [1.29, 1.82) is 0 Å². The van der Waals surface area contributed by atoms with E-state index < -0.39 is 0 Å². The molecule has 232 valence electrons. The molecule has 1 saturated heterocycles. The van der Waals surface area contributed by atoms with E-state index in [1.54, 1.807) is 7.11 Å². The standard InChI is InChI=1S/C36H35N7O3/c1-41-33-27(14-24(16-30(33)46-2)36(45)43-18-23-7-11-28(43)32(23)37)40-35(41)29-15-22-6-10-26(39-34(22)42(29)17-19-3-4-19)20-5-9-25-21(13-20)8-12-31(44)38-25/h5-6,8-10,12-16,19-20,23,28,32H,3-4,7,11,17-18,37H2,1-2H3/t20?,23?,28?,32-/m1/s1. The Balaban J connectivity index is 1.13. The highest BCUT2D eigenvalue weighted by molar-refractivity contribution is 6.19. The third-order valence-corrected chi connectivity index (χ3v) is 10.5. The van der Waals surface area contributed by atoms with E-state index in [0.29, 0.717) is 35.4 Å². The summed E-state index contributed by atoms with van der Waals surface area (Å²) < 4.78 is 10.2. The van der Waals surface area contributed by atoms with Crippen LogP contribution in [-0.4, -0.2) is 67.3 Å². The molecule has 46 heavy (non-hydrogen) atoms. The second-order valence-corrected chi connectivity index (χ2v) is 13.4. The number of piperidine rings is 1. The minimum atomic E-state index is -0.231. The number of amides is 2. The highest BCUT2D eigenvalue weighted by Crippen LogP contribution is 2.40. The van der Waals surface area contributed by atoms with E-state index in [2.05, 4.69) is 44.5 Å². The van der Waals surface area contributed by atoms with Crippen LogP contribution < -0.4 is 10.5 Å². The molecule has 9 rings (SSSR count). The van der Waals surface area contributed by atoms with Crippen molar-refractivity contribution in [3.05, 3.63) is 77.5 Å². The third kappa shape index (κ3) is 4.23. The lowest BCUT2D eigenvalue weighted by molar-refractivity contribution is -0.113. The molecule has 4 atom stereocenters. The highest BCUT2D eigenvalue weighted by atomic mass is 16.5. The molecule has 0 spiro atoms. The number of ether oxygens (including phenoxy) is 1. The quantitative estimate of drug-likeness (QED) is 0.337. The number of imidazole rings is 1. The number of hydrogen-bond donors (Lipinski definition) is 1. The summed E-state index contributed by atoms with van der Waals surface area (Å²) in [5.41, 5.74) is 13.1. The van der Waals surface area contributed by atoms with E-state index in [1.807, 2.05) is 36.2 Å². The lowest BCUT2D eigenvalue weighted by Gasteiger charge is -2.27. The highest BCUT2D eigenvalue weighted by Gasteiger charge is 2.47. The number of carbonyl (C=O) groups excluding carboxylic acids is 2. The molecule has 2 saturated carbocycles. The number of hydrogen-bond acceptors (Lipinski definition) is 6. The molecule has 10 heteroatoms. The molecule has 3 unspecified atom stereocenters. The van der Waals surface area contributed by atoms with Gasteiger partial charge in [-0.05, 0) is 85.6 Å². The van der Waals surface area contributed by atoms with Gasteiger partial charge in [0, 0.05) is 55.2 Å². The summed E-state index contributed by atoms with van der Waals surface area (Å²) in [6.45, 7) is 1.58. The van der Waals surface area contributed by atoms with E-state index in [9.17, 15) is 9.59 Å². The van der Waals surface area contributed by atoms with E-state index in [0.717, 1.165) is 64.2 Å². The van der Waals surface area contributed by atoms with Gasteiger partial charge >= 0.3 is 0 Å². The number of rotatable bonds is 6. The van der Waals surface area contributed by atoms with Crippen molar-refractivity contribution >= 4 is 39.6 Å². The minimum Gasteiger partial charge on any atom is -0.494 e. The van der Waals surface area contributed by atoms with Crippen molar-refractivity contribution < 1.29 is 14.3 Å². The summed E-state index contributed by atoms with van der Waals surface area (Å²) in [6.07, 6.45) is 13.9. The first kappa shape index (κ1) is 27.5. The number of nitrogens with two attached hydrogens (primary N) is 1. The second kappa shape index (κ2) is 10.1. The summed E-state index contributed by atoms with van der Waals surface area (Å²) in [7, 11) is 3.65. The summed E-state index contributed by atoms with van der Waals surface area (Å²) in [4.78, 5) is 41.9. The molecule has 2 N–H and O–H groups in total. The number of aromatic nitrogens is 4. The maximum absolute atomic E-state index is 13.7. The largest absolute Gasteiger partial charge is 0.494 e. The van der Waals surface area contributed by atoms with Gasteiger partial charge in [0.2, 0.25) is 0 Å². The number of fused-ring (bicyclic) bond motifs is 5. The summed E-state index contributed by atoms with van der Waals surface area (Å²) in [6, 6.07) is 10.3. The molecule has 3 aromatic heterocycles. The maximum Gasteiger partial charge on any atom is 0.270 e. The molecular weight excluding hydrogens is 578 g/mol. The van der Waals surface area contributed by atoms with Gasteiger partial charge in [-0.3, -0.25) is 9.59 Å². The zero-order valence-electron chi connectivity index (χ0n) is 25.9. The molecular formula is C36H35N7O3. The van der Waals surface area contributed by atoms with Gasteiger partial charge in [0.1, 0.15) is 16.9 Å².